The van der Waals surface area contributed by atoms with Crippen LogP contribution >= 0.6 is 11.3 Å². The predicted octanol–water partition coefficient (Wildman–Crippen LogP) is 3.78. The van der Waals surface area contributed by atoms with Gasteiger partial charge < -0.3 is 10.1 Å². The van der Waals surface area contributed by atoms with E-state index in [2.05, 4.69) is 10.3 Å². The molecule has 26 heavy (non-hydrogen) atoms. The van der Waals surface area contributed by atoms with Crippen LogP contribution in [0.2, 0.25) is 0 Å². The lowest BCUT2D eigenvalue weighted by molar-refractivity contribution is -0.136. The summed E-state index contributed by atoms with van der Waals surface area (Å²) in [6, 6.07) is 11.5. The van der Waals surface area contributed by atoms with Gasteiger partial charge >= 0.3 is 5.97 Å². The Balaban J connectivity index is 1.90. The third-order valence-electron chi connectivity index (χ3n) is 4.44. The van der Waals surface area contributed by atoms with Gasteiger partial charge in [0.1, 0.15) is 6.04 Å². The second-order valence-corrected chi connectivity index (χ2v) is 7.04. The van der Waals surface area contributed by atoms with Gasteiger partial charge in [0, 0.05) is 16.1 Å². The van der Waals surface area contributed by atoms with Gasteiger partial charge in [0.25, 0.3) is 0 Å². The normalized spacial score (nSPS) is 16.2. The lowest BCUT2D eigenvalue weighted by Gasteiger charge is -2.27. The smallest absolute Gasteiger partial charge is 0.338 e. The molecular weight excluding hydrogens is 348 g/mol. The summed E-state index contributed by atoms with van der Waals surface area (Å²) >= 11 is 1.60. The van der Waals surface area contributed by atoms with Gasteiger partial charge in [-0.3, -0.25) is 0 Å². The summed E-state index contributed by atoms with van der Waals surface area (Å²) in [5.41, 5.74) is 3.32. The van der Waals surface area contributed by atoms with E-state index in [1.54, 1.807) is 16.0 Å². The third kappa shape index (κ3) is 2.61. The van der Waals surface area contributed by atoms with E-state index in [1.807, 2.05) is 55.6 Å². The number of ether oxygens (including phenoxy) is 1. The van der Waals surface area contributed by atoms with E-state index < -0.39 is 0 Å². The molecule has 0 aliphatic carbocycles. The number of fused-ring (bicyclic) bond motifs is 1. The Morgan fingerprint density at radius 2 is 2.00 bits per heavy atom. The zero-order valence-corrected chi connectivity index (χ0v) is 15.5. The molecule has 7 heteroatoms. The zero-order valence-electron chi connectivity index (χ0n) is 14.7. The van der Waals surface area contributed by atoms with E-state index in [1.165, 1.54) is 7.11 Å². The lowest BCUT2D eigenvalue weighted by atomic mass is 10.00. The Bertz CT molecular complexity index is 1000. The van der Waals surface area contributed by atoms with Crippen molar-refractivity contribution in [2.75, 3.05) is 12.4 Å². The standard InChI is InChI=1S/C19H18N4O2S/c1-11-9-10-26-16(11)15-14(18(24)25-3)12(2)20-19-21-17(22-23(15)19)13-7-5-4-6-8-13/h4-10,15H,1-3H3,(H,20,21,22). The number of allylic oxidation sites excluding steroid dienone is 1. The summed E-state index contributed by atoms with van der Waals surface area (Å²) in [6.07, 6.45) is 0. The first-order valence-electron chi connectivity index (χ1n) is 8.22. The van der Waals surface area contributed by atoms with Crippen molar-refractivity contribution < 1.29 is 9.53 Å². The summed E-state index contributed by atoms with van der Waals surface area (Å²) in [7, 11) is 1.40. The van der Waals surface area contributed by atoms with Crippen LogP contribution in [-0.4, -0.2) is 27.8 Å². The number of benzene rings is 1. The summed E-state index contributed by atoms with van der Waals surface area (Å²) in [4.78, 5) is 18.2. The van der Waals surface area contributed by atoms with Gasteiger partial charge in [0.2, 0.25) is 5.95 Å². The minimum Gasteiger partial charge on any atom is -0.466 e. The number of hydrogen-bond donors (Lipinski definition) is 1. The molecule has 0 fully saturated rings. The molecule has 2 aromatic heterocycles. The summed E-state index contributed by atoms with van der Waals surface area (Å²) in [5, 5.41) is 9.93. The lowest BCUT2D eigenvalue weighted by Crippen LogP contribution is -2.29. The van der Waals surface area contributed by atoms with Gasteiger partial charge in [-0.05, 0) is 30.9 Å². The van der Waals surface area contributed by atoms with E-state index in [9.17, 15) is 4.79 Å². The SMILES string of the molecule is COC(=O)C1=C(C)Nc2nc(-c3ccccc3)nn2C1c1sccc1C. The minimum absolute atomic E-state index is 0.358. The maximum Gasteiger partial charge on any atom is 0.338 e. The van der Waals surface area contributed by atoms with Crippen molar-refractivity contribution in [1.29, 1.82) is 0 Å². The average Bonchev–Trinajstić information content (AvgIpc) is 3.26. The molecule has 1 unspecified atom stereocenters. The molecular formula is C19H18N4O2S. The molecule has 0 bridgehead atoms. The van der Waals surface area contributed by atoms with E-state index >= 15 is 0 Å². The van der Waals surface area contributed by atoms with Crippen LogP contribution in [0.3, 0.4) is 0 Å². The highest BCUT2D eigenvalue weighted by atomic mass is 32.1. The van der Waals surface area contributed by atoms with Crippen molar-refractivity contribution in [3.8, 4) is 11.4 Å². The summed E-state index contributed by atoms with van der Waals surface area (Å²) in [6.45, 7) is 3.90. The minimum atomic E-state index is -0.366. The molecule has 132 valence electrons. The molecule has 1 aliphatic rings. The average molecular weight is 366 g/mol. The monoisotopic (exact) mass is 366 g/mol. The number of nitrogens with one attached hydrogen (secondary N) is 1. The Morgan fingerprint density at radius 3 is 2.65 bits per heavy atom. The first-order chi connectivity index (χ1) is 12.6. The Hall–Kier alpha value is -2.93. The number of esters is 1. The van der Waals surface area contributed by atoms with Crippen LogP contribution in [-0.2, 0) is 9.53 Å². The van der Waals surface area contributed by atoms with Gasteiger partial charge in [0.15, 0.2) is 5.82 Å². The molecule has 1 N–H and O–H groups in total. The molecule has 0 spiro atoms. The molecule has 3 aromatic rings. The third-order valence-corrected chi connectivity index (χ3v) is 5.51. The second kappa shape index (κ2) is 6.42. The van der Waals surface area contributed by atoms with E-state index in [0.29, 0.717) is 17.3 Å². The molecule has 6 nitrogen and oxygen atoms in total. The van der Waals surface area contributed by atoms with Crippen molar-refractivity contribution in [2.45, 2.75) is 19.9 Å². The predicted molar refractivity (Wildman–Crippen MR) is 101 cm³/mol. The van der Waals surface area contributed by atoms with Gasteiger partial charge in [-0.15, -0.1) is 16.4 Å². The highest BCUT2D eigenvalue weighted by Crippen LogP contribution is 2.39. The molecule has 0 amide bonds. The van der Waals surface area contributed by atoms with Crippen LogP contribution in [0, 0.1) is 6.92 Å². The van der Waals surface area contributed by atoms with E-state index in [-0.39, 0.29) is 12.0 Å². The Morgan fingerprint density at radius 1 is 1.23 bits per heavy atom. The number of carbonyl (C=O) groups excluding carboxylic acids is 1. The van der Waals surface area contributed by atoms with Crippen molar-refractivity contribution in [3.63, 3.8) is 0 Å². The largest absolute Gasteiger partial charge is 0.466 e. The second-order valence-electron chi connectivity index (χ2n) is 6.10. The first kappa shape index (κ1) is 16.5. The van der Waals surface area contributed by atoms with Crippen molar-refractivity contribution in [3.05, 3.63) is 63.5 Å². The maximum absolute atomic E-state index is 12.5. The number of nitrogens with zero attached hydrogens (tertiary/aromatic N) is 3. The molecule has 3 heterocycles. The molecule has 1 atom stereocenters. The van der Waals surface area contributed by atoms with Gasteiger partial charge in [-0.25, -0.2) is 9.48 Å². The van der Waals surface area contributed by atoms with Gasteiger partial charge in [-0.1, -0.05) is 30.3 Å². The topological polar surface area (TPSA) is 69.0 Å². The molecule has 0 saturated carbocycles. The molecule has 0 radical (unpaired) electrons. The van der Waals surface area contributed by atoms with Crippen molar-refractivity contribution >= 4 is 23.3 Å². The number of rotatable bonds is 3. The highest BCUT2D eigenvalue weighted by Gasteiger charge is 2.36. The molecule has 0 saturated heterocycles. The van der Waals surface area contributed by atoms with Gasteiger partial charge in [-0.2, -0.15) is 4.98 Å². The fourth-order valence-electron chi connectivity index (χ4n) is 3.14. The fraction of sp³-hybridized carbons (Fsp3) is 0.211. The highest BCUT2D eigenvalue weighted by molar-refractivity contribution is 7.10. The van der Waals surface area contributed by atoms with Crippen LogP contribution in [0.5, 0.6) is 0 Å². The molecule has 1 aromatic carbocycles. The van der Waals surface area contributed by atoms with Crippen LogP contribution in [0.1, 0.15) is 23.4 Å². The zero-order chi connectivity index (χ0) is 18.3. The van der Waals surface area contributed by atoms with Crippen LogP contribution in [0.15, 0.2) is 53.0 Å². The van der Waals surface area contributed by atoms with Crippen LogP contribution in [0.25, 0.3) is 11.4 Å². The molecule has 4 rings (SSSR count). The Kier molecular flexibility index (Phi) is 4.08. The summed E-state index contributed by atoms with van der Waals surface area (Å²) in [5.74, 6) is 0.869. The number of carbonyl (C=O) groups is 1. The number of thiophene rings is 1. The van der Waals surface area contributed by atoms with Crippen LogP contribution < -0.4 is 5.32 Å². The van der Waals surface area contributed by atoms with E-state index in [4.69, 9.17) is 9.84 Å². The summed E-state index contributed by atoms with van der Waals surface area (Å²) < 4.78 is 6.82. The molecule has 1 aliphatic heterocycles. The van der Waals surface area contributed by atoms with Gasteiger partial charge in [0.05, 0.1) is 12.7 Å². The number of anilines is 1. The van der Waals surface area contributed by atoms with Crippen molar-refractivity contribution in [2.24, 2.45) is 0 Å². The number of methoxy groups -OCH3 is 1. The first-order valence-corrected chi connectivity index (χ1v) is 9.10. The quantitative estimate of drug-likeness (QED) is 0.715. The number of aryl methyl sites for hydroxylation is 1. The van der Waals surface area contributed by atoms with Crippen molar-refractivity contribution in [1.82, 2.24) is 14.8 Å². The number of hydrogen-bond acceptors (Lipinski definition) is 6. The van der Waals surface area contributed by atoms with E-state index in [0.717, 1.165) is 21.7 Å². The fourth-order valence-corrected chi connectivity index (χ4v) is 4.16. The Labute approximate surface area is 155 Å². The van der Waals surface area contributed by atoms with Crippen LogP contribution in [0.4, 0.5) is 5.95 Å². The number of aromatic nitrogens is 3. The maximum atomic E-state index is 12.5.